The highest BCUT2D eigenvalue weighted by atomic mass is 32.2. The topological polar surface area (TPSA) is 113 Å². The van der Waals surface area contributed by atoms with Gasteiger partial charge < -0.3 is 10.2 Å². The standard InChI is InChI=1S/C12H19N3O5S/c16-3-1-15-8-10(6-13-15)7-14-2-4-21(19,20)9-11(14)5-12(17)18/h6,8,11,16H,1-5,7,9H2,(H,17,18). The minimum atomic E-state index is -3.17. The maximum absolute atomic E-state index is 11.7. The predicted molar refractivity (Wildman–Crippen MR) is 74.4 cm³/mol. The third-order valence-electron chi connectivity index (χ3n) is 3.46. The molecule has 0 aromatic carbocycles. The van der Waals surface area contributed by atoms with E-state index in [0.717, 1.165) is 5.56 Å². The molecule has 0 aliphatic carbocycles. The second-order valence-electron chi connectivity index (χ2n) is 5.17. The molecule has 0 bridgehead atoms. The van der Waals surface area contributed by atoms with Crippen molar-refractivity contribution in [2.45, 2.75) is 25.6 Å². The molecule has 0 radical (unpaired) electrons. The number of hydrogen-bond donors (Lipinski definition) is 2. The summed E-state index contributed by atoms with van der Waals surface area (Å²) in [6.07, 6.45) is 3.23. The molecule has 8 nitrogen and oxygen atoms in total. The first kappa shape index (κ1) is 15.9. The summed E-state index contributed by atoms with van der Waals surface area (Å²) in [4.78, 5) is 12.8. The van der Waals surface area contributed by atoms with E-state index in [2.05, 4.69) is 5.10 Å². The molecule has 1 aromatic heterocycles. The fourth-order valence-corrected chi connectivity index (χ4v) is 4.06. The molecule has 2 N–H and O–H groups in total. The molecule has 118 valence electrons. The summed E-state index contributed by atoms with van der Waals surface area (Å²) in [6.45, 7) is 1.17. The van der Waals surface area contributed by atoms with E-state index in [1.165, 1.54) is 0 Å². The first-order chi connectivity index (χ1) is 9.89. The van der Waals surface area contributed by atoms with Crippen LogP contribution in [0.15, 0.2) is 12.4 Å². The van der Waals surface area contributed by atoms with Crippen molar-refractivity contribution in [3.63, 3.8) is 0 Å². The zero-order valence-corrected chi connectivity index (χ0v) is 12.4. The van der Waals surface area contributed by atoms with Crippen molar-refractivity contribution in [3.8, 4) is 0 Å². The number of carboxylic acids is 1. The molecule has 0 amide bonds. The second kappa shape index (κ2) is 6.54. The van der Waals surface area contributed by atoms with E-state index >= 15 is 0 Å². The fraction of sp³-hybridized carbons (Fsp3) is 0.667. The van der Waals surface area contributed by atoms with Crippen LogP contribution >= 0.6 is 0 Å². The second-order valence-corrected chi connectivity index (χ2v) is 7.40. The minimum Gasteiger partial charge on any atom is -0.481 e. The van der Waals surface area contributed by atoms with Crippen LogP contribution in [0.1, 0.15) is 12.0 Å². The molecular weight excluding hydrogens is 298 g/mol. The summed E-state index contributed by atoms with van der Waals surface area (Å²) >= 11 is 0. The lowest BCUT2D eigenvalue weighted by Gasteiger charge is -2.34. The maximum atomic E-state index is 11.7. The number of aliphatic hydroxyl groups is 1. The fourth-order valence-electron chi connectivity index (χ4n) is 2.47. The Morgan fingerprint density at radius 3 is 2.90 bits per heavy atom. The van der Waals surface area contributed by atoms with Crippen LogP contribution in [0.2, 0.25) is 0 Å². The Labute approximate surface area is 122 Å². The van der Waals surface area contributed by atoms with Crippen molar-refractivity contribution >= 4 is 15.8 Å². The van der Waals surface area contributed by atoms with E-state index in [-0.39, 0.29) is 24.5 Å². The van der Waals surface area contributed by atoms with E-state index < -0.39 is 21.8 Å². The van der Waals surface area contributed by atoms with Gasteiger partial charge in [0, 0.05) is 30.9 Å². The lowest BCUT2D eigenvalue weighted by Crippen LogP contribution is -2.48. The van der Waals surface area contributed by atoms with Gasteiger partial charge in [-0.15, -0.1) is 0 Å². The van der Waals surface area contributed by atoms with Gasteiger partial charge in [0.2, 0.25) is 0 Å². The summed E-state index contributed by atoms with van der Waals surface area (Å²) < 4.78 is 24.9. The quantitative estimate of drug-likeness (QED) is 0.688. The SMILES string of the molecule is O=C(O)CC1CS(=O)(=O)CCN1Cc1cnn(CCO)c1. The summed E-state index contributed by atoms with van der Waals surface area (Å²) in [6, 6.07) is -0.512. The lowest BCUT2D eigenvalue weighted by molar-refractivity contribution is -0.138. The van der Waals surface area contributed by atoms with Crippen LogP contribution in [0.25, 0.3) is 0 Å². The zero-order valence-electron chi connectivity index (χ0n) is 11.6. The molecule has 0 saturated carbocycles. The Hall–Kier alpha value is -1.45. The minimum absolute atomic E-state index is 0.00921. The number of nitrogens with zero attached hydrogens (tertiary/aromatic N) is 3. The molecule has 1 aliphatic rings. The normalized spacial score (nSPS) is 22.2. The Kier molecular flexibility index (Phi) is 4.96. The molecule has 2 heterocycles. The number of sulfone groups is 1. The van der Waals surface area contributed by atoms with E-state index in [9.17, 15) is 13.2 Å². The average molecular weight is 317 g/mol. The lowest BCUT2D eigenvalue weighted by atomic mass is 10.2. The molecule has 21 heavy (non-hydrogen) atoms. The van der Waals surface area contributed by atoms with Gasteiger partial charge in [0.1, 0.15) is 0 Å². The number of aliphatic hydroxyl groups excluding tert-OH is 1. The Bertz CT molecular complexity index is 598. The van der Waals surface area contributed by atoms with Crippen molar-refractivity contribution in [1.82, 2.24) is 14.7 Å². The van der Waals surface area contributed by atoms with Crippen LogP contribution in [-0.4, -0.2) is 70.0 Å². The number of aliphatic carboxylic acids is 1. The van der Waals surface area contributed by atoms with Gasteiger partial charge in [-0.3, -0.25) is 14.4 Å². The first-order valence-corrected chi connectivity index (χ1v) is 8.50. The first-order valence-electron chi connectivity index (χ1n) is 6.68. The maximum Gasteiger partial charge on any atom is 0.304 e. The van der Waals surface area contributed by atoms with Crippen LogP contribution in [0.3, 0.4) is 0 Å². The Morgan fingerprint density at radius 2 is 2.24 bits per heavy atom. The van der Waals surface area contributed by atoms with Gasteiger partial charge in [-0.05, 0) is 0 Å². The third kappa shape index (κ3) is 4.51. The molecule has 1 aromatic rings. The molecule has 1 aliphatic heterocycles. The van der Waals surface area contributed by atoms with Crippen molar-refractivity contribution < 1.29 is 23.4 Å². The van der Waals surface area contributed by atoms with Gasteiger partial charge in [0.15, 0.2) is 9.84 Å². The van der Waals surface area contributed by atoms with Crippen LogP contribution in [0.4, 0.5) is 0 Å². The van der Waals surface area contributed by atoms with Crippen molar-refractivity contribution in [2.75, 3.05) is 24.7 Å². The molecule has 1 fully saturated rings. The van der Waals surface area contributed by atoms with E-state index in [1.807, 2.05) is 4.90 Å². The molecule has 1 atom stereocenters. The van der Waals surface area contributed by atoms with Crippen molar-refractivity contribution in [2.24, 2.45) is 0 Å². The summed E-state index contributed by atoms with van der Waals surface area (Å²) in [7, 11) is -3.17. The average Bonchev–Trinajstić information content (AvgIpc) is 2.79. The monoisotopic (exact) mass is 317 g/mol. The highest BCUT2D eigenvalue weighted by Crippen LogP contribution is 2.18. The smallest absolute Gasteiger partial charge is 0.304 e. The van der Waals surface area contributed by atoms with Gasteiger partial charge in [-0.2, -0.15) is 5.10 Å². The van der Waals surface area contributed by atoms with Crippen molar-refractivity contribution in [3.05, 3.63) is 18.0 Å². The van der Waals surface area contributed by atoms with Gasteiger partial charge in [0.05, 0.1) is 37.3 Å². The number of hydrogen-bond acceptors (Lipinski definition) is 6. The molecule has 2 rings (SSSR count). The van der Waals surface area contributed by atoms with E-state index in [1.54, 1.807) is 17.1 Å². The van der Waals surface area contributed by atoms with E-state index in [0.29, 0.717) is 19.6 Å². The van der Waals surface area contributed by atoms with Crippen molar-refractivity contribution in [1.29, 1.82) is 0 Å². The van der Waals surface area contributed by atoms with Crippen LogP contribution in [0.5, 0.6) is 0 Å². The Morgan fingerprint density at radius 1 is 1.48 bits per heavy atom. The zero-order chi connectivity index (χ0) is 15.5. The molecule has 1 unspecified atom stereocenters. The molecule has 0 spiro atoms. The molecular formula is C12H19N3O5S. The predicted octanol–water partition coefficient (Wildman–Crippen LogP) is -1.05. The van der Waals surface area contributed by atoms with Gasteiger partial charge in [0.25, 0.3) is 0 Å². The van der Waals surface area contributed by atoms with Gasteiger partial charge >= 0.3 is 5.97 Å². The number of rotatable bonds is 6. The summed E-state index contributed by atoms with van der Waals surface area (Å²) in [5.41, 5.74) is 0.873. The van der Waals surface area contributed by atoms with Gasteiger partial charge in [-0.25, -0.2) is 8.42 Å². The third-order valence-corrected chi connectivity index (χ3v) is 5.16. The number of aromatic nitrogens is 2. The highest BCUT2D eigenvalue weighted by molar-refractivity contribution is 7.91. The summed E-state index contributed by atoms with van der Waals surface area (Å²) in [5.74, 6) is -1.07. The number of carbonyl (C=O) groups is 1. The van der Waals surface area contributed by atoms with Gasteiger partial charge in [-0.1, -0.05) is 0 Å². The summed E-state index contributed by atoms with van der Waals surface area (Å²) in [5, 5.41) is 21.9. The highest BCUT2D eigenvalue weighted by Gasteiger charge is 2.32. The van der Waals surface area contributed by atoms with Crippen LogP contribution < -0.4 is 0 Å². The number of carboxylic acid groups (broad SMARTS) is 1. The largest absolute Gasteiger partial charge is 0.481 e. The van der Waals surface area contributed by atoms with Crippen LogP contribution in [-0.2, 0) is 27.7 Å². The molecule has 9 heteroatoms. The van der Waals surface area contributed by atoms with Crippen LogP contribution in [0, 0.1) is 0 Å². The molecule has 1 saturated heterocycles. The Balaban J connectivity index is 2.06. The van der Waals surface area contributed by atoms with E-state index in [4.69, 9.17) is 10.2 Å².